The van der Waals surface area contributed by atoms with Crippen LogP contribution in [0.1, 0.15) is 13.3 Å². The van der Waals surface area contributed by atoms with Crippen LogP contribution in [0.5, 0.6) is 0 Å². The molecule has 0 aromatic heterocycles. The van der Waals surface area contributed by atoms with Gasteiger partial charge >= 0.3 is 0 Å². The molecule has 0 atom stereocenters. The second-order valence-electron chi connectivity index (χ2n) is 3.09. The van der Waals surface area contributed by atoms with Crippen molar-refractivity contribution < 1.29 is 9.53 Å². The summed E-state index contributed by atoms with van der Waals surface area (Å²) in [4.78, 5) is 13.5. The van der Waals surface area contributed by atoms with E-state index in [1.165, 1.54) is 0 Å². The molecule has 0 saturated carbocycles. The van der Waals surface area contributed by atoms with E-state index in [9.17, 15) is 4.79 Å². The summed E-state index contributed by atoms with van der Waals surface area (Å²) in [6, 6.07) is 0. The predicted molar refractivity (Wildman–Crippen MR) is 58.2 cm³/mol. The summed E-state index contributed by atoms with van der Waals surface area (Å²) < 4.78 is 8.31. The van der Waals surface area contributed by atoms with E-state index < -0.39 is 0 Å². The molecule has 1 amide bonds. The molecular formula is C9H18N2O2S. The van der Waals surface area contributed by atoms with Crippen molar-refractivity contribution in [2.45, 2.75) is 13.3 Å². The summed E-state index contributed by atoms with van der Waals surface area (Å²) in [6.07, 6.45) is 0.623. The number of carbonyl (C=O) groups is 1. The minimum Gasteiger partial charge on any atom is -0.378 e. The van der Waals surface area contributed by atoms with Gasteiger partial charge in [-0.3, -0.25) is 9.52 Å². The molecule has 14 heavy (non-hydrogen) atoms. The molecule has 0 bridgehead atoms. The minimum absolute atomic E-state index is 0.249. The summed E-state index contributed by atoms with van der Waals surface area (Å²) >= 11 is 1.62. The van der Waals surface area contributed by atoms with Crippen molar-refractivity contribution in [3.05, 3.63) is 0 Å². The molecule has 0 aromatic rings. The molecule has 0 radical (unpaired) electrons. The van der Waals surface area contributed by atoms with Crippen molar-refractivity contribution in [1.82, 2.24) is 9.62 Å². The molecule has 82 valence electrons. The van der Waals surface area contributed by atoms with Crippen molar-refractivity contribution in [3.8, 4) is 0 Å². The Labute approximate surface area is 89.5 Å². The van der Waals surface area contributed by atoms with Crippen LogP contribution in [0.4, 0.5) is 0 Å². The monoisotopic (exact) mass is 218 g/mol. The zero-order chi connectivity index (χ0) is 10.2. The van der Waals surface area contributed by atoms with Gasteiger partial charge in [-0.2, -0.15) is 0 Å². The maximum atomic E-state index is 11.6. The third kappa shape index (κ3) is 4.30. The number of hydrogen-bond acceptors (Lipinski definition) is 4. The Morgan fingerprint density at radius 2 is 2.21 bits per heavy atom. The number of morpholine rings is 1. The lowest BCUT2D eigenvalue weighted by Gasteiger charge is -2.26. The second kappa shape index (κ2) is 7.09. The fraction of sp³-hybridized carbons (Fsp3) is 0.889. The smallest absolute Gasteiger partial charge is 0.223 e. The van der Waals surface area contributed by atoms with Crippen molar-refractivity contribution in [2.24, 2.45) is 0 Å². The average Bonchev–Trinajstić information content (AvgIpc) is 2.25. The molecule has 1 heterocycles. The Morgan fingerprint density at radius 3 is 2.86 bits per heavy atom. The van der Waals surface area contributed by atoms with E-state index in [0.29, 0.717) is 19.6 Å². The van der Waals surface area contributed by atoms with Gasteiger partial charge in [-0.15, -0.1) is 0 Å². The standard InChI is InChI=1S/C9H18N2O2S/c1-2-10-14-8-3-9(12)11-4-6-13-7-5-11/h10H,2-8H2,1H3. The van der Waals surface area contributed by atoms with Gasteiger partial charge in [0.1, 0.15) is 0 Å². The maximum Gasteiger partial charge on any atom is 0.223 e. The highest BCUT2D eigenvalue weighted by atomic mass is 32.2. The Balaban J connectivity index is 2.07. The van der Waals surface area contributed by atoms with Gasteiger partial charge in [-0.1, -0.05) is 18.9 Å². The molecule has 1 N–H and O–H groups in total. The van der Waals surface area contributed by atoms with E-state index in [1.807, 2.05) is 4.90 Å². The Hall–Kier alpha value is -0.260. The first-order valence-electron chi connectivity index (χ1n) is 5.04. The molecule has 1 aliphatic heterocycles. The van der Waals surface area contributed by atoms with E-state index in [-0.39, 0.29) is 5.91 Å². The van der Waals surface area contributed by atoms with Crippen LogP contribution in [0.25, 0.3) is 0 Å². The largest absolute Gasteiger partial charge is 0.378 e. The van der Waals surface area contributed by atoms with Crippen LogP contribution < -0.4 is 4.72 Å². The summed E-state index contributed by atoms with van der Waals surface area (Å²) in [5.74, 6) is 1.10. The van der Waals surface area contributed by atoms with Gasteiger partial charge in [0, 0.05) is 31.8 Å². The molecule has 1 saturated heterocycles. The van der Waals surface area contributed by atoms with Gasteiger partial charge in [0.05, 0.1) is 13.2 Å². The van der Waals surface area contributed by atoms with Crippen LogP contribution >= 0.6 is 11.9 Å². The van der Waals surface area contributed by atoms with Crippen LogP contribution in [0.3, 0.4) is 0 Å². The fourth-order valence-corrected chi connectivity index (χ4v) is 1.91. The highest BCUT2D eigenvalue weighted by Gasteiger charge is 2.15. The van der Waals surface area contributed by atoms with Crippen LogP contribution in [0, 0.1) is 0 Å². The Morgan fingerprint density at radius 1 is 1.50 bits per heavy atom. The average molecular weight is 218 g/mol. The molecule has 0 aliphatic carbocycles. The topological polar surface area (TPSA) is 41.6 Å². The molecular weight excluding hydrogens is 200 g/mol. The van der Waals surface area contributed by atoms with E-state index in [2.05, 4.69) is 11.6 Å². The molecule has 1 rings (SSSR count). The second-order valence-corrected chi connectivity index (χ2v) is 4.08. The van der Waals surface area contributed by atoms with Gasteiger partial charge in [0.25, 0.3) is 0 Å². The van der Waals surface area contributed by atoms with Gasteiger partial charge in [0.2, 0.25) is 5.91 Å². The zero-order valence-corrected chi connectivity index (χ0v) is 9.44. The Bertz CT molecular complexity index is 172. The van der Waals surface area contributed by atoms with E-state index >= 15 is 0 Å². The van der Waals surface area contributed by atoms with Crippen molar-refractivity contribution in [1.29, 1.82) is 0 Å². The molecule has 1 aliphatic rings. The highest BCUT2D eigenvalue weighted by molar-refractivity contribution is 7.97. The molecule has 1 fully saturated rings. The lowest BCUT2D eigenvalue weighted by atomic mass is 10.3. The van der Waals surface area contributed by atoms with Crippen LogP contribution in [0.2, 0.25) is 0 Å². The number of carbonyl (C=O) groups excluding carboxylic acids is 1. The molecule has 4 nitrogen and oxygen atoms in total. The van der Waals surface area contributed by atoms with Crippen molar-refractivity contribution >= 4 is 17.9 Å². The van der Waals surface area contributed by atoms with Gasteiger partial charge in [-0.05, 0) is 0 Å². The summed E-state index contributed by atoms with van der Waals surface area (Å²) in [6.45, 7) is 5.88. The fourth-order valence-electron chi connectivity index (χ4n) is 1.28. The van der Waals surface area contributed by atoms with Gasteiger partial charge in [-0.25, -0.2) is 0 Å². The zero-order valence-electron chi connectivity index (χ0n) is 8.62. The lowest BCUT2D eigenvalue weighted by Crippen LogP contribution is -2.40. The number of nitrogens with one attached hydrogen (secondary N) is 1. The van der Waals surface area contributed by atoms with Gasteiger partial charge < -0.3 is 9.64 Å². The Kier molecular flexibility index (Phi) is 5.98. The first kappa shape index (κ1) is 11.8. The first-order valence-corrected chi connectivity index (χ1v) is 6.03. The van der Waals surface area contributed by atoms with Crippen molar-refractivity contribution in [3.63, 3.8) is 0 Å². The van der Waals surface area contributed by atoms with Crippen LogP contribution in [-0.2, 0) is 9.53 Å². The van der Waals surface area contributed by atoms with E-state index in [4.69, 9.17) is 4.74 Å². The normalized spacial score (nSPS) is 17.1. The highest BCUT2D eigenvalue weighted by Crippen LogP contribution is 2.03. The number of hydrogen-bond donors (Lipinski definition) is 1. The minimum atomic E-state index is 0.249. The predicted octanol–water partition coefficient (Wildman–Crippen LogP) is 0.493. The van der Waals surface area contributed by atoms with E-state index in [0.717, 1.165) is 25.4 Å². The van der Waals surface area contributed by atoms with Gasteiger partial charge in [0.15, 0.2) is 0 Å². The summed E-state index contributed by atoms with van der Waals surface area (Å²) in [5.41, 5.74) is 0. The van der Waals surface area contributed by atoms with E-state index in [1.54, 1.807) is 11.9 Å². The summed E-state index contributed by atoms with van der Waals surface area (Å²) in [5, 5.41) is 0. The van der Waals surface area contributed by atoms with Crippen molar-refractivity contribution in [2.75, 3.05) is 38.6 Å². The SMILES string of the molecule is CCNSCCC(=O)N1CCOCC1. The molecule has 5 heteroatoms. The quantitative estimate of drug-likeness (QED) is 0.539. The maximum absolute atomic E-state index is 11.6. The number of rotatable bonds is 5. The third-order valence-electron chi connectivity index (χ3n) is 2.03. The number of amides is 1. The first-order chi connectivity index (χ1) is 6.84. The molecule has 0 spiro atoms. The number of ether oxygens (including phenoxy) is 1. The third-order valence-corrected chi connectivity index (χ3v) is 2.93. The lowest BCUT2D eigenvalue weighted by molar-refractivity contribution is -0.134. The van der Waals surface area contributed by atoms with Crippen LogP contribution in [0.15, 0.2) is 0 Å². The summed E-state index contributed by atoms with van der Waals surface area (Å²) in [7, 11) is 0. The van der Waals surface area contributed by atoms with Crippen LogP contribution in [-0.4, -0.2) is 49.4 Å². The number of nitrogens with zero attached hydrogens (tertiary/aromatic N) is 1. The molecule has 0 unspecified atom stereocenters. The molecule has 0 aromatic carbocycles.